The monoisotopic (exact) mass is 485 g/mol. The van der Waals surface area contributed by atoms with Gasteiger partial charge in [0.05, 0.1) is 11.0 Å². The molecule has 0 aliphatic carbocycles. The summed E-state index contributed by atoms with van der Waals surface area (Å²) in [6, 6.07) is 22.5. The van der Waals surface area contributed by atoms with Crippen molar-refractivity contribution in [1.29, 1.82) is 0 Å². The van der Waals surface area contributed by atoms with Gasteiger partial charge in [-0.1, -0.05) is 56.2 Å². The summed E-state index contributed by atoms with van der Waals surface area (Å²) in [5, 5.41) is 11.1. The molecule has 1 aliphatic rings. The molecule has 36 heavy (non-hydrogen) atoms. The van der Waals surface area contributed by atoms with Gasteiger partial charge >= 0.3 is 0 Å². The maximum absolute atomic E-state index is 13.9. The van der Waals surface area contributed by atoms with Gasteiger partial charge in [-0.15, -0.1) is 0 Å². The van der Waals surface area contributed by atoms with Crippen molar-refractivity contribution < 1.29 is 14.5 Å². The summed E-state index contributed by atoms with van der Waals surface area (Å²) < 4.78 is 0. The molecule has 4 rings (SSSR count). The van der Waals surface area contributed by atoms with Crippen molar-refractivity contribution in [1.82, 2.24) is 0 Å². The van der Waals surface area contributed by atoms with Gasteiger partial charge in [-0.05, 0) is 55.7 Å². The second kappa shape index (κ2) is 11.2. The van der Waals surface area contributed by atoms with Crippen LogP contribution in [0, 0.1) is 10.1 Å². The van der Waals surface area contributed by atoms with Crippen molar-refractivity contribution in [3.63, 3.8) is 0 Å². The fraction of sp³-hybridized carbons (Fsp3) is 0.310. The van der Waals surface area contributed by atoms with Crippen molar-refractivity contribution >= 4 is 28.9 Å². The summed E-state index contributed by atoms with van der Waals surface area (Å²) in [6.07, 6.45) is 4.01. The number of hydrogen-bond donors (Lipinski definition) is 0. The van der Waals surface area contributed by atoms with Crippen molar-refractivity contribution in [2.24, 2.45) is 0 Å². The second-order valence-corrected chi connectivity index (χ2v) is 9.19. The third-order valence-electron chi connectivity index (χ3n) is 6.71. The van der Waals surface area contributed by atoms with Crippen LogP contribution in [-0.2, 0) is 4.79 Å². The van der Waals surface area contributed by atoms with Crippen LogP contribution >= 0.6 is 0 Å². The SMILES string of the molecule is CCCCCC(=O)N1c2ccccc2C(N(C(=O)c2ccc([N+](=O)[O-])cc2)c2ccccc2)CC1C. The van der Waals surface area contributed by atoms with Crippen molar-refractivity contribution in [2.75, 3.05) is 9.80 Å². The fourth-order valence-corrected chi connectivity index (χ4v) is 4.95. The van der Waals surface area contributed by atoms with E-state index in [-0.39, 0.29) is 29.6 Å². The zero-order valence-electron chi connectivity index (χ0n) is 20.7. The van der Waals surface area contributed by atoms with E-state index in [1.165, 1.54) is 24.3 Å². The van der Waals surface area contributed by atoms with Gasteiger partial charge in [-0.2, -0.15) is 0 Å². The van der Waals surface area contributed by atoms with E-state index in [4.69, 9.17) is 0 Å². The highest BCUT2D eigenvalue weighted by Gasteiger charge is 2.38. The lowest BCUT2D eigenvalue weighted by molar-refractivity contribution is -0.384. The molecule has 2 atom stereocenters. The standard InChI is InChI=1S/C29H31N3O4/c1-3-4-6-15-28(33)30-21(2)20-27(25-13-9-10-14-26(25)30)31(23-11-7-5-8-12-23)29(34)22-16-18-24(19-17-22)32(35)36/h5,7-14,16-19,21,27H,3-4,6,15,20H2,1-2H3. The molecule has 2 amide bonds. The number of non-ortho nitro benzene ring substituents is 1. The average Bonchev–Trinajstić information content (AvgIpc) is 2.89. The summed E-state index contributed by atoms with van der Waals surface area (Å²) in [6.45, 7) is 4.15. The van der Waals surface area contributed by atoms with E-state index < -0.39 is 4.92 Å². The number of rotatable bonds is 8. The predicted molar refractivity (Wildman–Crippen MR) is 141 cm³/mol. The molecule has 186 valence electrons. The number of nitrogens with zero attached hydrogens (tertiary/aromatic N) is 3. The van der Waals surface area contributed by atoms with Crippen LogP contribution in [0.15, 0.2) is 78.9 Å². The van der Waals surface area contributed by atoms with Gasteiger partial charge in [0.1, 0.15) is 0 Å². The quantitative estimate of drug-likeness (QED) is 0.202. The largest absolute Gasteiger partial charge is 0.309 e. The number of carbonyl (C=O) groups excluding carboxylic acids is 2. The predicted octanol–water partition coefficient (Wildman–Crippen LogP) is 6.69. The number of hydrogen-bond acceptors (Lipinski definition) is 4. The number of benzene rings is 3. The Balaban J connectivity index is 1.75. The van der Waals surface area contributed by atoms with E-state index >= 15 is 0 Å². The lowest BCUT2D eigenvalue weighted by atomic mass is 9.89. The Morgan fingerprint density at radius 3 is 2.31 bits per heavy atom. The number of amides is 2. The lowest BCUT2D eigenvalue weighted by Crippen LogP contribution is -2.47. The Morgan fingerprint density at radius 2 is 1.64 bits per heavy atom. The van der Waals surface area contributed by atoms with Gasteiger partial charge in [-0.25, -0.2) is 0 Å². The third kappa shape index (κ3) is 5.15. The topological polar surface area (TPSA) is 83.8 Å². The minimum atomic E-state index is -0.478. The van der Waals surface area contributed by atoms with Crippen molar-refractivity contribution in [2.45, 2.75) is 58.0 Å². The first-order valence-corrected chi connectivity index (χ1v) is 12.5. The zero-order chi connectivity index (χ0) is 25.7. The molecule has 3 aromatic rings. The van der Waals surface area contributed by atoms with E-state index in [1.807, 2.05) is 66.4 Å². The minimum absolute atomic E-state index is 0.0633. The van der Waals surface area contributed by atoms with Crippen LogP contribution in [0.1, 0.15) is 67.9 Å². The molecule has 0 N–H and O–H groups in total. The molecule has 0 spiro atoms. The van der Waals surface area contributed by atoms with Gasteiger partial charge in [0.25, 0.3) is 11.6 Å². The molecular weight excluding hydrogens is 454 g/mol. The van der Waals surface area contributed by atoms with Gasteiger partial charge in [0.15, 0.2) is 0 Å². The molecule has 1 aliphatic heterocycles. The zero-order valence-corrected chi connectivity index (χ0v) is 20.7. The van der Waals surface area contributed by atoms with Crippen LogP contribution < -0.4 is 9.80 Å². The molecular formula is C29H31N3O4. The Labute approximate surface area is 211 Å². The van der Waals surface area contributed by atoms with Crippen LogP contribution in [0.5, 0.6) is 0 Å². The first-order valence-electron chi connectivity index (χ1n) is 12.5. The molecule has 0 bridgehead atoms. The first-order chi connectivity index (χ1) is 17.4. The summed E-state index contributed by atoms with van der Waals surface area (Å²) in [7, 11) is 0. The number of fused-ring (bicyclic) bond motifs is 1. The molecule has 7 nitrogen and oxygen atoms in total. The lowest BCUT2D eigenvalue weighted by Gasteiger charge is -2.43. The molecule has 3 aromatic carbocycles. The van der Waals surface area contributed by atoms with Crippen LogP contribution in [-0.4, -0.2) is 22.8 Å². The molecule has 0 radical (unpaired) electrons. The molecule has 1 heterocycles. The number of para-hydroxylation sites is 2. The normalized spacial score (nSPS) is 16.8. The van der Waals surface area contributed by atoms with Crippen molar-refractivity contribution in [3.8, 4) is 0 Å². The second-order valence-electron chi connectivity index (χ2n) is 9.19. The summed E-state index contributed by atoms with van der Waals surface area (Å²) in [5.74, 6) is -0.138. The Kier molecular flexibility index (Phi) is 7.78. The van der Waals surface area contributed by atoms with Crippen LogP contribution in [0.4, 0.5) is 17.1 Å². The number of unbranched alkanes of at least 4 members (excludes halogenated alkanes) is 2. The summed E-state index contributed by atoms with van der Waals surface area (Å²) in [5.41, 5.74) is 2.79. The van der Waals surface area contributed by atoms with Crippen LogP contribution in [0.2, 0.25) is 0 Å². The first kappa shape index (κ1) is 25.1. The number of nitro benzene ring substituents is 1. The van der Waals surface area contributed by atoms with E-state index in [2.05, 4.69) is 6.92 Å². The third-order valence-corrected chi connectivity index (χ3v) is 6.71. The van der Waals surface area contributed by atoms with Gasteiger partial charge in [-0.3, -0.25) is 19.7 Å². The molecule has 0 fully saturated rings. The fourth-order valence-electron chi connectivity index (χ4n) is 4.95. The highest BCUT2D eigenvalue weighted by molar-refractivity contribution is 6.07. The highest BCUT2D eigenvalue weighted by atomic mass is 16.6. The number of anilines is 2. The maximum atomic E-state index is 13.9. The molecule has 0 aromatic heterocycles. The average molecular weight is 486 g/mol. The molecule has 0 saturated heterocycles. The smallest absolute Gasteiger partial charge is 0.269 e. The van der Waals surface area contributed by atoms with E-state index in [1.54, 1.807) is 4.90 Å². The number of nitro groups is 1. The van der Waals surface area contributed by atoms with Crippen molar-refractivity contribution in [3.05, 3.63) is 100 Å². The van der Waals surface area contributed by atoms with Gasteiger partial charge in [0, 0.05) is 41.5 Å². The van der Waals surface area contributed by atoms with E-state index in [9.17, 15) is 19.7 Å². The van der Waals surface area contributed by atoms with Crippen LogP contribution in [0.3, 0.4) is 0 Å². The summed E-state index contributed by atoms with van der Waals surface area (Å²) >= 11 is 0. The number of carbonyl (C=O) groups is 2. The van der Waals surface area contributed by atoms with Gasteiger partial charge < -0.3 is 9.80 Å². The molecule has 0 saturated carbocycles. The van der Waals surface area contributed by atoms with Gasteiger partial charge in [0.2, 0.25) is 5.91 Å². The maximum Gasteiger partial charge on any atom is 0.269 e. The highest BCUT2D eigenvalue weighted by Crippen LogP contribution is 2.43. The molecule has 7 heteroatoms. The Morgan fingerprint density at radius 1 is 0.972 bits per heavy atom. The Bertz CT molecular complexity index is 1230. The minimum Gasteiger partial charge on any atom is -0.309 e. The van der Waals surface area contributed by atoms with E-state index in [0.29, 0.717) is 18.4 Å². The van der Waals surface area contributed by atoms with E-state index in [0.717, 1.165) is 36.2 Å². The Hall–Kier alpha value is -4.00. The van der Waals surface area contributed by atoms with Crippen LogP contribution in [0.25, 0.3) is 0 Å². The summed E-state index contributed by atoms with van der Waals surface area (Å²) in [4.78, 5) is 41.4. The molecule has 2 unspecified atom stereocenters.